The lowest BCUT2D eigenvalue weighted by Gasteiger charge is -2.37. The topological polar surface area (TPSA) is 174 Å². The van der Waals surface area contributed by atoms with Gasteiger partial charge in [0.15, 0.2) is 0 Å². The number of nitrogens with zero attached hydrogens (tertiary/aromatic N) is 2. The van der Waals surface area contributed by atoms with Crippen LogP contribution in [-0.4, -0.2) is 103 Å². The van der Waals surface area contributed by atoms with E-state index in [-0.39, 0.29) is 54.5 Å². The number of rotatable bonds is 17. The van der Waals surface area contributed by atoms with E-state index in [0.717, 1.165) is 17.5 Å². The number of likely N-dealkylation sites (tertiary alicyclic amines) is 1. The average Bonchev–Trinajstić information content (AvgIpc) is 3.45. The van der Waals surface area contributed by atoms with Crippen molar-refractivity contribution in [2.45, 2.75) is 119 Å². The maximum atomic E-state index is 14.9. The van der Waals surface area contributed by atoms with Crippen LogP contribution in [0.15, 0.2) is 24.3 Å². The number of hydrogen-bond acceptors (Lipinski definition) is 7. The summed E-state index contributed by atoms with van der Waals surface area (Å²) in [5.41, 5.74) is 1.45. The Morgan fingerprint density at radius 2 is 1.58 bits per heavy atom. The summed E-state index contributed by atoms with van der Waals surface area (Å²) in [6.45, 7) is 17.9. The number of piperidine rings is 1. The largest absolute Gasteiger partial charge is 0.350 e. The summed E-state index contributed by atoms with van der Waals surface area (Å²) in [4.78, 5) is 70.3. The molecule has 5 amide bonds. The lowest BCUT2D eigenvalue weighted by Crippen LogP contribution is -2.62. The number of sulfonamides is 1. The van der Waals surface area contributed by atoms with Crippen LogP contribution >= 0.6 is 0 Å². The molecule has 1 saturated heterocycles. The average molecular weight is 759 g/mol. The highest BCUT2D eigenvalue weighted by Gasteiger charge is 2.70. The molecule has 53 heavy (non-hydrogen) atoms. The van der Waals surface area contributed by atoms with E-state index in [1.807, 2.05) is 52.0 Å². The fourth-order valence-electron chi connectivity index (χ4n) is 8.24. The third kappa shape index (κ3) is 9.41. The maximum Gasteiger partial charge on any atom is 0.315 e. The molecule has 3 aliphatic rings. The van der Waals surface area contributed by atoms with Crippen LogP contribution in [0.3, 0.4) is 0 Å². The third-order valence-electron chi connectivity index (χ3n) is 11.8. The van der Waals surface area contributed by atoms with Crippen molar-refractivity contribution in [3.63, 3.8) is 0 Å². The number of ketones is 1. The van der Waals surface area contributed by atoms with Crippen molar-refractivity contribution < 1.29 is 32.4 Å². The first-order chi connectivity index (χ1) is 24.8. The van der Waals surface area contributed by atoms with Crippen LogP contribution in [0.25, 0.3) is 0 Å². The zero-order chi connectivity index (χ0) is 39.5. The molecule has 13 nitrogen and oxygen atoms in total. The normalized spacial score (nSPS) is 22.3. The van der Waals surface area contributed by atoms with E-state index in [4.69, 9.17) is 0 Å². The summed E-state index contributed by atoms with van der Waals surface area (Å²) in [5.74, 6) is -2.78. The SMILES string of the molecule is CCCCC(NC(=O)[C@@H]1[C@@H]2[C@H](CN1C(=O)[C@@H](NC(=O)N[C@H](CN(CC)S(=O)(=O)CC)C(C)(C)C)C1Cc3ccccc3C1)C2(C)C)C(=O)C(=O)NCC. The van der Waals surface area contributed by atoms with Gasteiger partial charge in [0.05, 0.1) is 11.8 Å². The van der Waals surface area contributed by atoms with Gasteiger partial charge in [0.2, 0.25) is 27.6 Å². The zero-order valence-electron chi connectivity index (χ0n) is 33.1. The summed E-state index contributed by atoms with van der Waals surface area (Å²) in [7, 11) is -3.53. The summed E-state index contributed by atoms with van der Waals surface area (Å²) >= 11 is 0. The Hall–Kier alpha value is -3.52. The van der Waals surface area contributed by atoms with Crippen molar-refractivity contribution in [2.75, 3.05) is 31.9 Å². The molecule has 1 aromatic rings. The summed E-state index contributed by atoms with van der Waals surface area (Å²) in [5, 5.41) is 11.4. The molecule has 0 aromatic heterocycles. The number of hydrogen-bond donors (Lipinski definition) is 4. The quantitative estimate of drug-likeness (QED) is 0.177. The van der Waals surface area contributed by atoms with Gasteiger partial charge in [0.1, 0.15) is 12.1 Å². The second-order valence-corrected chi connectivity index (χ2v) is 18.9. The van der Waals surface area contributed by atoms with Crippen LogP contribution in [0.1, 0.15) is 92.7 Å². The maximum absolute atomic E-state index is 14.9. The number of fused-ring (bicyclic) bond motifs is 2. The number of benzene rings is 1. The van der Waals surface area contributed by atoms with Gasteiger partial charge in [-0.1, -0.05) is 85.6 Å². The Morgan fingerprint density at radius 3 is 2.11 bits per heavy atom. The summed E-state index contributed by atoms with van der Waals surface area (Å²) < 4.78 is 27.0. The van der Waals surface area contributed by atoms with Gasteiger partial charge >= 0.3 is 6.03 Å². The van der Waals surface area contributed by atoms with Crippen LogP contribution in [0.2, 0.25) is 0 Å². The highest BCUT2D eigenvalue weighted by atomic mass is 32.2. The standard InChI is InChI=1S/C39H62N6O7S/c1-10-14-19-28(33(46)35(48)40-11-2)41-34(47)32-30-27(39(30,8)9)22-45(32)36(49)31(26-20-24-17-15-16-18-25(24)21-26)43-37(50)42-29(38(5,6)7)23-44(12-3)53(51,52)13-4/h15-18,26-32H,10-14,19-23H2,1-9H3,(H,40,48)(H,41,47)(H2,42,43,50)/t27-,28?,29+,30-,31-,32-/m0/s1. The second kappa shape index (κ2) is 16.9. The first kappa shape index (κ1) is 42.2. The predicted molar refractivity (Wildman–Crippen MR) is 204 cm³/mol. The molecule has 2 fully saturated rings. The molecule has 6 atom stereocenters. The Labute approximate surface area is 316 Å². The van der Waals surface area contributed by atoms with E-state index in [1.165, 1.54) is 4.31 Å². The minimum absolute atomic E-state index is 0.0523. The Morgan fingerprint density at radius 1 is 0.962 bits per heavy atom. The predicted octanol–water partition coefficient (Wildman–Crippen LogP) is 3.02. The van der Waals surface area contributed by atoms with Gasteiger partial charge in [-0.3, -0.25) is 19.2 Å². The van der Waals surface area contributed by atoms with Crippen LogP contribution in [0.5, 0.6) is 0 Å². The lowest BCUT2D eigenvalue weighted by molar-refractivity contribution is -0.144. The van der Waals surface area contributed by atoms with E-state index >= 15 is 0 Å². The van der Waals surface area contributed by atoms with Crippen molar-refractivity contribution in [1.82, 2.24) is 30.5 Å². The fraction of sp³-hybridized carbons (Fsp3) is 0.718. The highest BCUT2D eigenvalue weighted by molar-refractivity contribution is 7.89. The van der Waals surface area contributed by atoms with E-state index in [0.29, 0.717) is 32.2 Å². The number of carbonyl (C=O) groups excluding carboxylic acids is 5. The molecule has 0 bridgehead atoms. The van der Waals surface area contributed by atoms with E-state index < -0.39 is 63.2 Å². The summed E-state index contributed by atoms with van der Waals surface area (Å²) in [6, 6.07) is 3.86. The molecular weight excluding hydrogens is 697 g/mol. The molecule has 2 aliphatic carbocycles. The van der Waals surface area contributed by atoms with E-state index in [2.05, 4.69) is 35.1 Å². The molecule has 1 saturated carbocycles. The molecule has 14 heteroatoms. The second-order valence-electron chi connectivity index (χ2n) is 16.6. The molecule has 0 spiro atoms. The Kier molecular flexibility index (Phi) is 13.4. The van der Waals surface area contributed by atoms with E-state index in [1.54, 1.807) is 25.7 Å². The number of carbonyl (C=O) groups is 5. The molecule has 4 N–H and O–H groups in total. The van der Waals surface area contributed by atoms with Crippen molar-refractivity contribution in [3.8, 4) is 0 Å². The van der Waals surface area contributed by atoms with Crippen molar-refractivity contribution >= 4 is 39.6 Å². The van der Waals surface area contributed by atoms with Crippen molar-refractivity contribution in [3.05, 3.63) is 35.4 Å². The third-order valence-corrected chi connectivity index (χ3v) is 13.7. The van der Waals surface area contributed by atoms with Crippen molar-refractivity contribution in [1.29, 1.82) is 0 Å². The molecule has 4 rings (SSSR count). The molecule has 0 radical (unpaired) electrons. The number of Topliss-reactive ketones (excluding diaryl/α,β-unsaturated/α-hetero) is 1. The molecule has 1 unspecified atom stereocenters. The highest BCUT2D eigenvalue weighted by Crippen LogP contribution is 2.65. The van der Waals surface area contributed by atoms with Gasteiger partial charge in [-0.25, -0.2) is 17.5 Å². The lowest BCUT2D eigenvalue weighted by atomic mass is 9.86. The van der Waals surface area contributed by atoms with Gasteiger partial charge in [-0.15, -0.1) is 0 Å². The smallest absolute Gasteiger partial charge is 0.315 e. The van der Waals surface area contributed by atoms with Crippen LogP contribution in [0, 0.1) is 28.6 Å². The Balaban J connectivity index is 1.63. The van der Waals surface area contributed by atoms with E-state index in [9.17, 15) is 32.4 Å². The minimum Gasteiger partial charge on any atom is -0.350 e. The van der Waals surface area contributed by atoms with Gasteiger partial charge in [0, 0.05) is 32.2 Å². The molecule has 1 aliphatic heterocycles. The molecular formula is C39H62N6O7S. The number of likely N-dealkylation sites (N-methyl/N-ethyl adjacent to an activating group) is 2. The fourth-order valence-corrected chi connectivity index (χ4v) is 9.38. The van der Waals surface area contributed by atoms with Crippen LogP contribution in [0.4, 0.5) is 4.79 Å². The van der Waals surface area contributed by atoms with Gasteiger partial charge in [0.25, 0.3) is 5.91 Å². The molecule has 1 heterocycles. The number of amides is 5. The van der Waals surface area contributed by atoms with Gasteiger partial charge in [-0.05, 0) is 72.8 Å². The minimum atomic E-state index is -3.53. The number of urea groups is 1. The zero-order valence-corrected chi connectivity index (χ0v) is 33.9. The number of nitrogens with one attached hydrogen (secondary N) is 4. The number of unbranched alkanes of at least 4 members (excludes halogenated alkanes) is 1. The monoisotopic (exact) mass is 758 g/mol. The first-order valence-electron chi connectivity index (χ1n) is 19.4. The van der Waals surface area contributed by atoms with Gasteiger partial charge < -0.3 is 26.2 Å². The first-order valence-corrected chi connectivity index (χ1v) is 21.0. The molecule has 1 aromatic carbocycles. The molecule has 296 valence electrons. The Bertz CT molecular complexity index is 1620. The van der Waals surface area contributed by atoms with Crippen LogP contribution < -0.4 is 21.3 Å². The summed E-state index contributed by atoms with van der Waals surface area (Å²) in [6.07, 6.45) is 2.79. The van der Waals surface area contributed by atoms with Gasteiger partial charge in [-0.2, -0.15) is 0 Å². The van der Waals surface area contributed by atoms with Crippen molar-refractivity contribution in [2.24, 2.45) is 28.6 Å². The van der Waals surface area contributed by atoms with Crippen LogP contribution in [-0.2, 0) is 42.0 Å².